The standard InChI is InChI=1S/C13H9F3N4O3/c14-6-1-2-7(12(16)11(6)15)18-10(22)5-17-13(23)8-3-4-9(21)20-19-8/h1-4H,5H2,(H,17,23)(H,18,22)(H,20,21). The fourth-order valence-electron chi connectivity index (χ4n) is 1.54. The number of benzene rings is 1. The van der Waals surface area contributed by atoms with E-state index in [0.29, 0.717) is 6.07 Å². The molecule has 0 aliphatic heterocycles. The van der Waals surface area contributed by atoms with Crippen molar-refractivity contribution in [1.82, 2.24) is 15.5 Å². The van der Waals surface area contributed by atoms with Gasteiger partial charge in [-0.1, -0.05) is 0 Å². The topological polar surface area (TPSA) is 104 Å². The van der Waals surface area contributed by atoms with Crippen LogP contribution in [0, 0.1) is 17.5 Å². The Morgan fingerprint density at radius 3 is 2.48 bits per heavy atom. The van der Waals surface area contributed by atoms with E-state index in [-0.39, 0.29) is 5.69 Å². The lowest BCUT2D eigenvalue weighted by atomic mass is 10.2. The molecule has 0 aliphatic rings. The monoisotopic (exact) mass is 326 g/mol. The minimum absolute atomic E-state index is 0.142. The Morgan fingerprint density at radius 1 is 1.09 bits per heavy atom. The number of aromatic nitrogens is 2. The zero-order valence-corrected chi connectivity index (χ0v) is 11.3. The number of nitrogens with zero attached hydrogens (tertiary/aromatic N) is 1. The summed E-state index contributed by atoms with van der Waals surface area (Å²) < 4.78 is 39.1. The van der Waals surface area contributed by atoms with Crippen molar-refractivity contribution in [2.45, 2.75) is 0 Å². The molecular weight excluding hydrogens is 317 g/mol. The van der Waals surface area contributed by atoms with Crippen LogP contribution >= 0.6 is 0 Å². The van der Waals surface area contributed by atoms with Gasteiger partial charge in [0, 0.05) is 6.07 Å². The molecule has 0 atom stereocenters. The van der Waals surface area contributed by atoms with E-state index in [9.17, 15) is 27.6 Å². The van der Waals surface area contributed by atoms with E-state index in [4.69, 9.17) is 0 Å². The normalized spacial score (nSPS) is 10.2. The van der Waals surface area contributed by atoms with Crippen LogP contribution in [-0.2, 0) is 4.79 Å². The molecule has 1 heterocycles. The van der Waals surface area contributed by atoms with Gasteiger partial charge in [-0.3, -0.25) is 14.4 Å². The summed E-state index contributed by atoms with van der Waals surface area (Å²) in [6.45, 7) is -0.571. The average molecular weight is 326 g/mol. The molecule has 3 N–H and O–H groups in total. The zero-order chi connectivity index (χ0) is 17.0. The van der Waals surface area contributed by atoms with Gasteiger partial charge in [0.05, 0.1) is 12.2 Å². The summed E-state index contributed by atoms with van der Waals surface area (Å²) >= 11 is 0. The number of carbonyl (C=O) groups excluding carboxylic acids is 2. The Morgan fingerprint density at radius 2 is 1.83 bits per heavy atom. The van der Waals surface area contributed by atoms with E-state index >= 15 is 0 Å². The molecule has 7 nitrogen and oxygen atoms in total. The number of H-pyrrole nitrogens is 1. The van der Waals surface area contributed by atoms with Gasteiger partial charge >= 0.3 is 0 Å². The summed E-state index contributed by atoms with van der Waals surface area (Å²) in [6.07, 6.45) is 0. The van der Waals surface area contributed by atoms with E-state index < -0.39 is 47.1 Å². The van der Waals surface area contributed by atoms with Crippen LogP contribution < -0.4 is 16.2 Å². The molecule has 23 heavy (non-hydrogen) atoms. The second-order valence-corrected chi connectivity index (χ2v) is 4.26. The van der Waals surface area contributed by atoms with Crippen molar-refractivity contribution < 1.29 is 22.8 Å². The maximum atomic E-state index is 13.4. The second-order valence-electron chi connectivity index (χ2n) is 4.26. The summed E-state index contributed by atoms with van der Waals surface area (Å²) in [7, 11) is 0. The Hall–Kier alpha value is -3.17. The van der Waals surface area contributed by atoms with Gasteiger partial charge in [-0.05, 0) is 18.2 Å². The first kappa shape index (κ1) is 16.2. The lowest BCUT2D eigenvalue weighted by Gasteiger charge is -2.08. The van der Waals surface area contributed by atoms with Gasteiger partial charge in [-0.25, -0.2) is 18.3 Å². The molecule has 120 valence electrons. The van der Waals surface area contributed by atoms with E-state index in [0.717, 1.165) is 18.2 Å². The van der Waals surface area contributed by atoms with Crippen LogP contribution in [0.25, 0.3) is 0 Å². The molecule has 0 aliphatic carbocycles. The highest BCUT2D eigenvalue weighted by Crippen LogP contribution is 2.19. The molecule has 1 aromatic carbocycles. The molecule has 2 rings (SSSR count). The highest BCUT2D eigenvalue weighted by atomic mass is 19.2. The molecule has 10 heteroatoms. The number of carbonyl (C=O) groups is 2. The van der Waals surface area contributed by atoms with E-state index in [1.807, 2.05) is 10.4 Å². The van der Waals surface area contributed by atoms with Crippen molar-refractivity contribution in [2.24, 2.45) is 0 Å². The second kappa shape index (κ2) is 6.73. The molecule has 0 fully saturated rings. The Labute approximate surface area is 126 Å². The lowest BCUT2D eigenvalue weighted by Crippen LogP contribution is -2.34. The van der Waals surface area contributed by atoms with Crippen LogP contribution in [0.1, 0.15) is 10.5 Å². The maximum absolute atomic E-state index is 13.4. The van der Waals surface area contributed by atoms with Crippen molar-refractivity contribution in [2.75, 3.05) is 11.9 Å². The number of halogens is 3. The van der Waals surface area contributed by atoms with E-state index in [1.54, 1.807) is 0 Å². The highest BCUT2D eigenvalue weighted by Gasteiger charge is 2.16. The smallest absolute Gasteiger partial charge is 0.272 e. The predicted molar refractivity (Wildman–Crippen MR) is 72.1 cm³/mol. The first-order valence-corrected chi connectivity index (χ1v) is 6.16. The van der Waals surface area contributed by atoms with Gasteiger partial charge in [0.15, 0.2) is 17.5 Å². The molecule has 0 bridgehead atoms. The highest BCUT2D eigenvalue weighted by molar-refractivity contribution is 5.98. The summed E-state index contributed by atoms with van der Waals surface area (Å²) in [5.74, 6) is -6.29. The summed E-state index contributed by atoms with van der Waals surface area (Å²) in [4.78, 5) is 34.0. The SMILES string of the molecule is O=C(CNC(=O)c1ccc(=O)[nH]n1)Nc1ccc(F)c(F)c1F. The molecule has 0 saturated heterocycles. The van der Waals surface area contributed by atoms with Crippen molar-refractivity contribution in [3.8, 4) is 0 Å². The molecule has 0 radical (unpaired) electrons. The number of hydrogen-bond donors (Lipinski definition) is 3. The number of nitrogens with one attached hydrogen (secondary N) is 3. The molecule has 0 saturated carbocycles. The van der Waals surface area contributed by atoms with E-state index in [2.05, 4.69) is 10.4 Å². The molecule has 2 aromatic rings. The van der Waals surface area contributed by atoms with Crippen LogP contribution in [0.5, 0.6) is 0 Å². The minimum Gasteiger partial charge on any atom is -0.342 e. The third-order valence-electron chi connectivity index (χ3n) is 2.63. The Kier molecular flexibility index (Phi) is 4.74. The van der Waals surface area contributed by atoms with Crippen LogP contribution in [0.4, 0.5) is 18.9 Å². The van der Waals surface area contributed by atoms with E-state index in [1.165, 1.54) is 0 Å². The number of anilines is 1. The quantitative estimate of drug-likeness (QED) is 0.714. The summed E-state index contributed by atoms with van der Waals surface area (Å²) in [5.41, 5.74) is -1.21. The van der Waals surface area contributed by atoms with Crippen molar-refractivity contribution in [3.63, 3.8) is 0 Å². The van der Waals surface area contributed by atoms with Crippen molar-refractivity contribution in [3.05, 3.63) is 57.8 Å². The predicted octanol–water partition coefficient (Wildman–Crippen LogP) is 0.556. The van der Waals surface area contributed by atoms with Crippen LogP contribution in [0.2, 0.25) is 0 Å². The van der Waals surface area contributed by atoms with Crippen molar-refractivity contribution >= 4 is 17.5 Å². The summed E-state index contributed by atoms with van der Waals surface area (Å²) in [5, 5.41) is 9.62. The maximum Gasteiger partial charge on any atom is 0.272 e. The largest absolute Gasteiger partial charge is 0.342 e. The van der Waals surface area contributed by atoms with Crippen LogP contribution in [0.15, 0.2) is 29.1 Å². The fraction of sp³-hybridized carbons (Fsp3) is 0.0769. The third kappa shape index (κ3) is 3.93. The van der Waals surface area contributed by atoms with Gasteiger partial charge in [0.25, 0.3) is 11.5 Å². The third-order valence-corrected chi connectivity index (χ3v) is 2.63. The Balaban J connectivity index is 1.95. The van der Waals surface area contributed by atoms with Crippen molar-refractivity contribution in [1.29, 1.82) is 0 Å². The van der Waals surface area contributed by atoms with Gasteiger partial charge in [0.1, 0.15) is 5.69 Å². The first-order chi connectivity index (χ1) is 10.9. The number of rotatable bonds is 4. The fourth-order valence-corrected chi connectivity index (χ4v) is 1.54. The number of hydrogen-bond acceptors (Lipinski definition) is 4. The van der Waals surface area contributed by atoms with Crippen LogP contribution in [0.3, 0.4) is 0 Å². The van der Waals surface area contributed by atoms with Gasteiger partial charge in [-0.2, -0.15) is 5.10 Å². The average Bonchev–Trinajstić information content (AvgIpc) is 2.54. The van der Waals surface area contributed by atoms with Gasteiger partial charge in [-0.15, -0.1) is 0 Å². The summed E-state index contributed by atoms with van der Waals surface area (Å²) in [6, 6.07) is 3.70. The molecule has 1 aromatic heterocycles. The molecule has 0 spiro atoms. The number of aromatic amines is 1. The Bertz CT molecular complexity index is 802. The molecular formula is C13H9F3N4O3. The van der Waals surface area contributed by atoms with Crippen LogP contribution in [-0.4, -0.2) is 28.6 Å². The number of amides is 2. The molecule has 0 unspecified atom stereocenters. The lowest BCUT2D eigenvalue weighted by molar-refractivity contribution is -0.115. The zero-order valence-electron chi connectivity index (χ0n) is 11.3. The van der Waals surface area contributed by atoms with Gasteiger partial charge in [0.2, 0.25) is 5.91 Å². The molecule has 2 amide bonds. The minimum atomic E-state index is -1.72. The van der Waals surface area contributed by atoms with Gasteiger partial charge < -0.3 is 10.6 Å². The first-order valence-electron chi connectivity index (χ1n) is 6.16.